The van der Waals surface area contributed by atoms with Gasteiger partial charge in [-0.2, -0.15) is 0 Å². The number of aryl methyl sites for hydroxylation is 2. The molecule has 1 aromatic carbocycles. The zero-order valence-electron chi connectivity index (χ0n) is 13.4. The molecular weight excluding hydrogens is 250 g/mol. The quantitative estimate of drug-likeness (QED) is 0.768. The van der Waals surface area contributed by atoms with E-state index in [1.807, 2.05) is 19.1 Å². The number of nitrogens with one attached hydrogen (secondary N) is 1. The summed E-state index contributed by atoms with van der Waals surface area (Å²) >= 11 is 0. The van der Waals surface area contributed by atoms with Crippen molar-refractivity contribution in [3.63, 3.8) is 0 Å². The number of aliphatic hydroxyl groups excluding tert-OH is 1. The average Bonchev–Trinajstić information content (AvgIpc) is 2.38. The maximum atomic E-state index is 9.99. The van der Waals surface area contributed by atoms with Crippen LogP contribution in [0.2, 0.25) is 0 Å². The fourth-order valence-electron chi connectivity index (χ4n) is 2.35. The van der Waals surface area contributed by atoms with Crippen LogP contribution in [-0.2, 0) is 0 Å². The smallest absolute Gasteiger partial charge is 0.122 e. The van der Waals surface area contributed by atoms with Gasteiger partial charge in [0, 0.05) is 12.6 Å². The van der Waals surface area contributed by atoms with Gasteiger partial charge in [0.2, 0.25) is 0 Å². The summed E-state index contributed by atoms with van der Waals surface area (Å²) in [6, 6.07) is 6.53. The highest BCUT2D eigenvalue weighted by molar-refractivity contribution is 5.35. The van der Waals surface area contributed by atoms with Crippen molar-refractivity contribution in [3.8, 4) is 5.75 Å². The summed E-state index contributed by atoms with van der Waals surface area (Å²) in [5.74, 6) is 1.43. The first-order valence-electron chi connectivity index (χ1n) is 7.55. The third kappa shape index (κ3) is 5.51. The van der Waals surface area contributed by atoms with Crippen LogP contribution in [0.15, 0.2) is 18.2 Å². The molecule has 1 rings (SSSR count). The third-order valence-electron chi connectivity index (χ3n) is 3.62. The van der Waals surface area contributed by atoms with Crippen molar-refractivity contribution in [2.75, 3.05) is 13.2 Å². The Hall–Kier alpha value is -1.06. The number of hydrogen-bond donors (Lipinski definition) is 2. The van der Waals surface area contributed by atoms with Crippen LogP contribution in [0.1, 0.15) is 38.3 Å². The summed E-state index contributed by atoms with van der Waals surface area (Å²) in [5, 5.41) is 13.4. The lowest BCUT2D eigenvalue weighted by Gasteiger charge is -2.23. The van der Waals surface area contributed by atoms with Crippen molar-refractivity contribution in [1.82, 2.24) is 5.32 Å². The van der Waals surface area contributed by atoms with Crippen molar-refractivity contribution in [2.24, 2.45) is 5.92 Å². The van der Waals surface area contributed by atoms with Gasteiger partial charge in [0.25, 0.3) is 0 Å². The first-order chi connectivity index (χ1) is 9.43. The van der Waals surface area contributed by atoms with Gasteiger partial charge >= 0.3 is 0 Å². The van der Waals surface area contributed by atoms with Gasteiger partial charge in [-0.05, 0) is 37.8 Å². The highest BCUT2D eigenvalue weighted by Gasteiger charge is 2.13. The van der Waals surface area contributed by atoms with Gasteiger partial charge < -0.3 is 15.2 Å². The van der Waals surface area contributed by atoms with Crippen molar-refractivity contribution in [1.29, 1.82) is 0 Å². The first-order valence-corrected chi connectivity index (χ1v) is 7.55. The molecule has 0 spiro atoms. The fraction of sp³-hybridized carbons (Fsp3) is 0.647. The molecule has 0 saturated carbocycles. The van der Waals surface area contributed by atoms with Crippen LogP contribution in [0.5, 0.6) is 5.75 Å². The Balaban J connectivity index is 2.37. The minimum atomic E-state index is -0.483. The molecule has 0 aliphatic carbocycles. The Labute approximate surface area is 123 Å². The molecular formula is C17H29NO2. The third-order valence-corrected chi connectivity index (χ3v) is 3.62. The van der Waals surface area contributed by atoms with Crippen LogP contribution in [0.3, 0.4) is 0 Å². The lowest BCUT2D eigenvalue weighted by Crippen LogP contribution is -2.40. The van der Waals surface area contributed by atoms with E-state index in [1.54, 1.807) is 0 Å². The molecule has 0 radical (unpaired) electrons. The van der Waals surface area contributed by atoms with E-state index in [2.05, 4.69) is 39.1 Å². The molecule has 0 saturated heterocycles. The van der Waals surface area contributed by atoms with Crippen LogP contribution < -0.4 is 10.1 Å². The van der Waals surface area contributed by atoms with E-state index in [0.29, 0.717) is 25.1 Å². The van der Waals surface area contributed by atoms with E-state index in [1.165, 1.54) is 5.56 Å². The maximum Gasteiger partial charge on any atom is 0.122 e. The number of ether oxygens (including phenoxy) is 1. The van der Waals surface area contributed by atoms with Gasteiger partial charge in [0.1, 0.15) is 18.5 Å². The summed E-state index contributed by atoms with van der Waals surface area (Å²) in [7, 11) is 0. The zero-order chi connectivity index (χ0) is 15.1. The monoisotopic (exact) mass is 279 g/mol. The second kappa shape index (κ2) is 8.28. The average molecular weight is 279 g/mol. The Morgan fingerprint density at radius 2 is 1.95 bits per heavy atom. The van der Waals surface area contributed by atoms with Gasteiger partial charge in [-0.1, -0.05) is 38.5 Å². The minimum absolute atomic E-state index is 0.325. The van der Waals surface area contributed by atoms with Crippen LogP contribution in [-0.4, -0.2) is 30.4 Å². The van der Waals surface area contributed by atoms with E-state index in [0.717, 1.165) is 17.7 Å². The van der Waals surface area contributed by atoms with Crippen LogP contribution in [0.4, 0.5) is 0 Å². The van der Waals surface area contributed by atoms with Gasteiger partial charge in [-0.3, -0.25) is 0 Å². The normalized spacial score (nSPS) is 14.3. The van der Waals surface area contributed by atoms with Crippen molar-refractivity contribution in [3.05, 3.63) is 29.3 Å². The van der Waals surface area contributed by atoms with Crippen LogP contribution >= 0.6 is 0 Å². The fourth-order valence-corrected chi connectivity index (χ4v) is 2.35. The van der Waals surface area contributed by atoms with E-state index in [-0.39, 0.29) is 0 Å². The molecule has 2 unspecified atom stereocenters. The second-order valence-electron chi connectivity index (χ2n) is 5.90. The van der Waals surface area contributed by atoms with E-state index in [4.69, 9.17) is 4.74 Å². The molecule has 0 bridgehead atoms. The minimum Gasteiger partial charge on any atom is -0.491 e. The molecule has 0 fully saturated rings. The number of hydrogen-bond acceptors (Lipinski definition) is 3. The lowest BCUT2D eigenvalue weighted by molar-refractivity contribution is 0.101. The number of aliphatic hydroxyl groups is 1. The molecule has 20 heavy (non-hydrogen) atoms. The Morgan fingerprint density at radius 3 is 2.50 bits per heavy atom. The van der Waals surface area contributed by atoms with Gasteiger partial charge in [-0.15, -0.1) is 0 Å². The van der Waals surface area contributed by atoms with E-state index < -0.39 is 6.10 Å². The molecule has 3 heteroatoms. The maximum absolute atomic E-state index is 9.99. The molecule has 2 atom stereocenters. The summed E-state index contributed by atoms with van der Waals surface area (Å²) in [5.41, 5.74) is 2.33. The van der Waals surface area contributed by atoms with Crippen LogP contribution in [0.25, 0.3) is 0 Å². The summed E-state index contributed by atoms with van der Waals surface area (Å²) < 4.78 is 5.69. The SMILES string of the molecule is CCC(NCC(O)COc1ccc(C)cc1C)C(C)C. The van der Waals surface area contributed by atoms with Crippen LogP contribution in [0, 0.1) is 19.8 Å². The summed E-state index contributed by atoms with van der Waals surface area (Å²) in [6.07, 6.45) is 0.589. The van der Waals surface area contributed by atoms with Gasteiger partial charge in [0.05, 0.1) is 0 Å². The first kappa shape index (κ1) is 17.0. The van der Waals surface area contributed by atoms with Gasteiger partial charge in [0.15, 0.2) is 0 Å². The Bertz CT molecular complexity index is 404. The number of rotatable bonds is 8. The van der Waals surface area contributed by atoms with Crippen molar-refractivity contribution in [2.45, 2.75) is 53.2 Å². The largest absolute Gasteiger partial charge is 0.491 e. The van der Waals surface area contributed by atoms with Crippen molar-refractivity contribution >= 4 is 0 Å². The lowest BCUT2D eigenvalue weighted by atomic mass is 10.0. The van der Waals surface area contributed by atoms with Gasteiger partial charge in [-0.25, -0.2) is 0 Å². The molecule has 2 N–H and O–H groups in total. The molecule has 0 aromatic heterocycles. The Morgan fingerprint density at radius 1 is 1.25 bits per heavy atom. The molecule has 1 aromatic rings. The highest BCUT2D eigenvalue weighted by Crippen LogP contribution is 2.18. The molecule has 0 aliphatic heterocycles. The standard InChI is InChI=1S/C17H29NO2/c1-6-16(12(2)3)18-10-15(19)11-20-17-8-7-13(4)9-14(17)5/h7-9,12,15-16,18-19H,6,10-11H2,1-5H3. The molecule has 114 valence electrons. The predicted molar refractivity (Wildman–Crippen MR) is 84.3 cm³/mol. The van der Waals surface area contributed by atoms with Crippen molar-refractivity contribution < 1.29 is 9.84 Å². The summed E-state index contributed by atoms with van der Waals surface area (Å²) in [4.78, 5) is 0. The number of benzene rings is 1. The zero-order valence-corrected chi connectivity index (χ0v) is 13.4. The van der Waals surface area contributed by atoms with E-state index >= 15 is 0 Å². The highest BCUT2D eigenvalue weighted by atomic mass is 16.5. The Kier molecular flexibility index (Phi) is 7.03. The summed E-state index contributed by atoms with van der Waals surface area (Å²) in [6.45, 7) is 11.5. The second-order valence-corrected chi connectivity index (χ2v) is 5.90. The topological polar surface area (TPSA) is 41.5 Å². The molecule has 0 heterocycles. The predicted octanol–water partition coefficient (Wildman–Crippen LogP) is 3.07. The van der Waals surface area contributed by atoms with E-state index in [9.17, 15) is 5.11 Å². The molecule has 3 nitrogen and oxygen atoms in total. The molecule has 0 amide bonds. The molecule has 0 aliphatic rings.